The van der Waals surface area contributed by atoms with Gasteiger partial charge in [0.15, 0.2) is 37.7 Å². The quantitative estimate of drug-likeness (QED) is 0.0768. The second kappa shape index (κ2) is 23.4. The van der Waals surface area contributed by atoms with Crippen LogP contribution in [0.4, 0.5) is 0 Å². The number of carbonyl (C=O) groups excluding carboxylic acids is 2. The zero-order chi connectivity index (χ0) is 51.1. The molecule has 0 aliphatic carbocycles. The van der Waals surface area contributed by atoms with Gasteiger partial charge in [0.1, 0.15) is 122 Å². The first kappa shape index (κ1) is 56.2. The van der Waals surface area contributed by atoms with E-state index in [1.807, 2.05) is 0 Å². The molecule has 0 aromatic carbocycles. The third kappa shape index (κ3) is 12.2. The molecule has 0 saturated carbocycles. The molecule has 29 nitrogen and oxygen atoms in total. The van der Waals surface area contributed by atoms with Crippen LogP contribution in [-0.4, -0.2) is 281 Å². The van der Waals surface area contributed by atoms with Gasteiger partial charge in [-0.2, -0.15) is 0 Å². The molecule has 400 valence electrons. The van der Waals surface area contributed by atoms with Crippen molar-refractivity contribution in [3.05, 3.63) is 0 Å². The van der Waals surface area contributed by atoms with Gasteiger partial charge < -0.3 is 134 Å². The van der Waals surface area contributed by atoms with Gasteiger partial charge in [-0.05, 0) is 27.7 Å². The molecule has 6 rings (SSSR count). The van der Waals surface area contributed by atoms with E-state index in [2.05, 4.69) is 10.6 Å². The molecule has 69 heavy (non-hydrogen) atoms. The van der Waals surface area contributed by atoms with Crippen LogP contribution < -0.4 is 10.6 Å². The van der Waals surface area contributed by atoms with Crippen molar-refractivity contribution in [3.8, 4) is 0 Å². The molecular formula is C40H68N2O27. The van der Waals surface area contributed by atoms with Gasteiger partial charge in [-0.3, -0.25) is 9.59 Å². The van der Waals surface area contributed by atoms with Gasteiger partial charge >= 0.3 is 0 Å². The molecule has 30 atom stereocenters. The van der Waals surface area contributed by atoms with Crippen LogP contribution in [0.25, 0.3) is 0 Å². The van der Waals surface area contributed by atoms with Crippen LogP contribution >= 0.6 is 0 Å². The average Bonchev–Trinajstić information content (AvgIpc) is 3.29. The summed E-state index contributed by atoms with van der Waals surface area (Å²) >= 11 is 0. The second-order valence-corrected chi connectivity index (χ2v) is 18.2. The molecular weight excluding hydrogens is 940 g/mol. The van der Waals surface area contributed by atoms with E-state index in [1.165, 1.54) is 27.7 Å². The lowest BCUT2D eigenvalue weighted by Gasteiger charge is -2.49. The van der Waals surface area contributed by atoms with Gasteiger partial charge in [-0.1, -0.05) is 0 Å². The van der Waals surface area contributed by atoms with Crippen LogP contribution in [0.3, 0.4) is 0 Å². The third-order valence-corrected chi connectivity index (χ3v) is 13.1. The molecule has 2 amide bonds. The number of hydrogen-bond acceptors (Lipinski definition) is 27. The molecule has 0 spiro atoms. The van der Waals surface area contributed by atoms with Crippen molar-refractivity contribution in [3.63, 3.8) is 0 Å². The molecule has 1 unspecified atom stereocenters. The van der Waals surface area contributed by atoms with Crippen LogP contribution in [0, 0.1) is 0 Å². The number of hydrogen-bond donors (Lipinski definition) is 16. The first-order valence-electron chi connectivity index (χ1n) is 22.5. The number of carbonyl (C=O) groups is 2. The lowest BCUT2D eigenvalue weighted by atomic mass is 9.95. The Morgan fingerprint density at radius 1 is 0.406 bits per heavy atom. The van der Waals surface area contributed by atoms with E-state index in [4.69, 9.17) is 52.1 Å². The fraction of sp³-hybridized carbons (Fsp3) is 0.950. The van der Waals surface area contributed by atoms with Gasteiger partial charge in [0.2, 0.25) is 11.8 Å². The average molecular weight is 1010 g/mol. The van der Waals surface area contributed by atoms with Crippen molar-refractivity contribution < 1.29 is 133 Å². The van der Waals surface area contributed by atoms with E-state index >= 15 is 0 Å². The Hall–Kier alpha value is -2.06. The van der Waals surface area contributed by atoms with Gasteiger partial charge in [0.25, 0.3) is 0 Å². The predicted octanol–water partition coefficient (Wildman–Crippen LogP) is -9.70. The van der Waals surface area contributed by atoms with Crippen LogP contribution in [-0.2, 0) is 61.7 Å². The highest BCUT2D eigenvalue weighted by atomic mass is 16.8. The molecule has 16 N–H and O–H groups in total. The lowest BCUT2D eigenvalue weighted by Crippen LogP contribution is -2.68. The molecule has 6 aliphatic heterocycles. The van der Waals surface area contributed by atoms with Gasteiger partial charge in [0, 0.05) is 13.8 Å². The number of rotatable bonds is 14. The van der Waals surface area contributed by atoms with Crippen LogP contribution in [0.1, 0.15) is 41.5 Å². The maximum Gasteiger partial charge on any atom is 0.217 e. The Morgan fingerprint density at radius 3 is 1.23 bits per heavy atom. The SMILES string of the molecule is CC(=O)N[C@H]1[C@H](O[C@H]2[C@H](O[C@@H]3[C@@H](O)[C@@H](O)C(O)O[C@H]3C)O[C@@H](C)[C@H](O)[C@H]2O)O[C@H](CO[C@@H]2O[C@@H](C)[C@H](O[C@@H]3O[C@@H](C)[C@H](O)[C@@H](O)[C@H]3O[C@@H]3O[C@H](CO)[C@@H](O)[C@H](O)[C@H]3NC(C)=O)[C@@H](O)[C@H]2O)[C@@H](O)[C@@H]1O. The number of aliphatic hydroxyl groups is 14. The van der Waals surface area contributed by atoms with Gasteiger partial charge in [0.05, 0.1) is 37.6 Å². The van der Waals surface area contributed by atoms with Gasteiger partial charge in [-0.25, -0.2) is 0 Å². The highest BCUT2D eigenvalue weighted by Crippen LogP contribution is 2.36. The summed E-state index contributed by atoms with van der Waals surface area (Å²) in [6.07, 6.45) is -45.9. The summed E-state index contributed by atoms with van der Waals surface area (Å²) in [5.74, 6) is -1.42. The standard InChI is InChI=1S/C40H68N2O27/c1-9-20(47)26(53)34(39(61-9)66-31-11(3)60-35(58)29(56)27(31)54)69-37-18(42-14(6)45)24(51)22(49)16(65-37)8-59-38-30(57)28(55)32(12(4)63-38)67-40-33(25(52)19(46)10(2)62-40)68-36-17(41-13(5)44)23(50)21(48)15(7-43)64-36/h9-12,15-40,43,46-58H,7-8H2,1-6H3,(H,41,44)(H,42,45)/t9-,10-,11-,12-,15+,16+,17+,18+,19-,20-,21+,22+,23+,24+,25+,26+,27-,28-,29+,30+,31-,32-,33+,34+,35?,36-,37-,38+,39-,40-/m0/s1. The van der Waals surface area contributed by atoms with Crippen LogP contribution in [0.5, 0.6) is 0 Å². The van der Waals surface area contributed by atoms with E-state index in [-0.39, 0.29) is 0 Å². The van der Waals surface area contributed by atoms with Crippen molar-refractivity contribution in [1.29, 1.82) is 0 Å². The number of ether oxygens (including phenoxy) is 11. The number of amides is 2. The maximum absolute atomic E-state index is 12.3. The fourth-order valence-corrected chi connectivity index (χ4v) is 9.02. The molecule has 6 heterocycles. The second-order valence-electron chi connectivity index (χ2n) is 18.2. The Labute approximate surface area is 394 Å². The smallest absolute Gasteiger partial charge is 0.217 e. The summed E-state index contributed by atoms with van der Waals surface area (Å²) in [6.45, 7) is 6.18. The van der Waals surface area contributed by atoms with Crippen molar-refractivity contribution in [2.45, 2.75) is 226 Å². The Bertz CT molecular complexity index is 1680. The Kier molecular flexibility index (Phi) is 19.1. The maximum atomic E-state index is 12.3. The van der Waals surface area contributed by atoms with Crippen molar-refractivity contribution >= 4 is 11.8 Å². The van der Waals surface area contributed by atoms with E-state index in [1.54, 1.807) is 0 Å². The molecule has 0 aromatic rings. The molecule has 6 saturated heterocycles. The summed E-state index contributed by atoms with van der Waals surface area (Å²) < 4.78 is 63.9. The van der Waals surface area contributed by atoms with E-state index in [0.717, 1.165) is 13.8 Å². The van der Waals surface area contributed by atoms with E-state index < -0.39 is 209 Å². The number of nitrogens with one attached hydrogen (secondary N) is 2. The zero-order valence-corrected chi connectivity index (χ0v) is 38.3. The first-order chi connectivity index (χ1) is 32.4. The van der Waals surface area contributed by atoms with Crippen molar-refractivity contribution in [1.82, 2.24) is 10.6 Å². The van der Waals surface area contributed by atoms with E-state index in [9.17, 15) is 81.1 Å². The normalized spacial score (nSPS) is 51.9. The summed E-state index contributed by atoms with van der Waals surface area (Å²) in [5.41, 5.74) is 0. The summed E-state index contributed by atoms with van der Waals surface area (Å²) in [5, 5.41) is 156. The summed E-state index contributed by atoms with van der Waals surface area (Å²) in [7, 11) is 0. The molecule has 0 bridgehead atoms. The van der Waals surface area contributed by atoms with Crippen molar-refractivity contribution in [2.24, 2.45) is 0 Å². The monoisotopic (exact) mass is 1010 g/mol. The predicted molar refractivity (Wildman–Crippen MR) is 217 cm³/mol. The van der Waals surface area contributed by atoms with Crippen molar-refractivity contribution in [2.75, 3.05) is 13.2 Å². The van der Waals surface area contributed by atoms with E-state index in [0.29, 0.717) is 0 Å². The largest absolute Gasteiger partial charge is 0.394 e. The Morgan fingerprint density at radius 2 is 0.783 bits per heavy atom. The highest BCUT2D eigenvalue weighted by molar-refractivity contribution is 5.73. The minimum Gasteiger partial charge on any atom is -0.394 e. The van der Waals surface area contributed by atoms with Crippen LogP contribution in [0.2, 0.25) is 0 Å². The zero-order valence-electron chi connectivity index (χ0n) is 38.3. The molecule has 29 heteroatoms. The minimum atomic E-state index is -1.96. The van der Waals surface area contributed by atoms with Gasteiger partial charge in [-0.15, -0.1) is 0 Å². The molecule has 6 aliphatic rings. The summed E-state index contributed by atoms with van der Waals surface area (Å²) in [6, 6.07) is -3.07. The Balaban J connectivity index is 1.15. The fourth-order valence-electron chi connectivity index (χ4n) is 9.02. The first-order valence-corrected chi connectivity index (χ1v) is 22.5. The lowest BCUT2D eigenvalue weighted by molar-refractivity contribution is -0.383. The summed E-state index contributed by atoms with van der Waals surface area (Å²) in [4.78, 5) is 24.3. The topological polar surface area (TPSA) is 443 Å². The number of aliphatic hydroxyl groups excluding tert-OH is 14. The molecule has 0 radical (unpaired) electrons. The third-order valence-electron chi connectivity index (χ3n) is 13.1. The minimum absolute atomic E-state index is 0.685. The molecule has 0 aromatic heterocycles. The van der Waals surface area contributed by atoms with Crippen LogP contribution in [0.15, 0.2) is 0 Å². The highest BCUT2D eigenvalue weighted by Gasteiger charge is 2.56. The molecule has 6 fully saturated rings.